The normalized spacial score (nSPS) is 31.4. The summed E-state index contributed by atoms with van der Waals surface area (Å²) in [4.78, 5) is 62.8. The Morgan fingerprint density at radius 3 is 1.72 bits per heavy atom. The molecule has 13 heteroatoms. The molecule has 0 bridgehead atoms. The van der Waals surface area contributed by atoms with E-state index in [1.165, 1.54) is 28.5 Å². The van der Waals surface area contributed by atoms with Gasteiger partial charge in [0, 0.05) is 42.3 Å². The predicted octanol–water partition coefficient (Wildman–Crippen LogP) is 0.876. The number of aryl methyl sites for hydroxylation is 2. The minimum Gasteiger partial charge on any atom is -0.457 e. The molecular formula is C30H38N4O9. The maximum Gasteiger partial charge on any atom is 0.330 e. The van der Waals surface area contributed by atoms with Crippen molar-refractivity contribution in [2.24, 2.45) is 11.8 Å². The zero-order valence-corrected chi connectivity index (χ0v) is 25.3. The van der Waals surface area contributed by atoms with Gasteiger partial charge in [0.2, 0.25) is 0 Å². The van der Waals surface area contributed by atoms with Crippen LogP contribution < -0.4 is 22.5 Å². The zero-order valence-electron chi connectivity index (χ0n) is 25.3. The SMILES string of the molecule is C#C[C@]1(CC)O[C@@H](n2cc(C)c(=O)[nH]c2=O)[C@@H](O)C1C.C#C[C@]1(CC)O[C@@H](n2cc(C)c(=O)[nH]c2=O)[C@@H](OC(C)=O)C1C. The number of aliphatic hydroxyl groups is 1. The van der Waals surface area contributed by atoms with Gasteiger partial charge >= 0.3 is 17.3 Å². The molecule has 2 aliphatic rings. The van der Waals surface area contributed by atoms with Gasteiger partial charge < -0.3 is 19.3 Å². The van der Waals surface area contributed by atoms with Gasteiger partial charge in [0.25, 0.3) is 11.1 Å². The molecule has 0 aromatic carbocycles. The number of carbonyl (C=O) groups excluding carboxylic acids is 1. The smallest absolute Gasteiger partial charge is 0.330 e. The molecule has 3 N–H and O–H groups in total. The van der Waals surface area contributed by atoms with Crippen LogP contribution in [0.4, 0.5) is 0 Å². The molecule has 2 aliphatic heterocycles. The molecule has 4 rings (SSSR count). The third-order valence-electron chi connectivity index (χ3n) is 8.39. The van der Waals surface area contributed by atoms with Crippen LogP contribution in [0.15, 0.2) is 31.6 Å². The number of aromatic nitrogens is 4. The summed E-state index contributed by atoms with van der Waals surface area (Å²) in [7, 11) is 0. The molecule has 0 radical (unpaired) electrons. The van der Waals surface area contributed by atoms with Crippen molar-refractivity contribution in [2.75, 3.05) is 0 Å². The highest BCUT2D eigenvalue weighted by atomic mass is 16.6. The van der Waals surface area contributed by atoms with Gasteiger partial charge in [-0.15, -0.1) is 12.8 Å². The maximum atomic E-state index is 12.1. The largest absolute Gasteiger partial charge is 0.457 e. The van der Waals surface area contributed by atoms with Crippen LogP contribution in [0.5, 0.6) is 0 Å². The van der Waals surface area contributed by atoms with Gasteiger partial charge in [-0.3, -0.25) is 33.5 Å². The van der Waals surface area contributed by atoms with E-state index in [1.54, 1.807) is 20.8 Å². The molecule has 4 heterocycles. The molecule has 2 aromatic rings. The highest BCUT2D eigenvalue weighted by Gasteiger charge is 2.54. The van der Waals surface area contributed by atoms with Crippen LogP contribution in [0, 0.1) is 50.4 Å². The molecule has 0 aliphatic carbocycles. The number of carbonyl (C=O) groups is 1. The summed E-state index contributed by atoms with van der Waals surface area (Å²) in [5.41, 5.74) is -3.34. The first-order valence-electron chi connectivity index (χ1n) is 13.9. The van der Waals surface area contributed by atoms with Gasteiger partial charge in [-0.2, -0.15) is 0 Å². The van der Waals surface area contributed by atoms with E-state index in [0.717, 1.165) is 0 Å². The number of H-pyrrole nitrogens is 2. The summed E-state index contributed by atoms with van der Waals surface area (Å²) in [5.74, 6) is 4.08. The fraction of sp³-hybridized carbons (Fsp3) is 0.567. The molecular weight excluding hydrogens is 560 g/mol. The zero-order chi connectivity index (χ0) is 32.4. The van der Waals surface area contributed by atoms with Gasteiger partial charge in [-0.1, -0.05) is 39.5 Å². The molecule has 8 atom stereocenters. The summed E-state index contributed by atoms with van der Waals surface area (Å²) in [6.07, 6.45) is 11.5. The van der Waals surface area contributed by atoms with Crippen molar-refractivity contribution >= 4 is 5.97 Å². The van der Waals surface area contributed by atoms with Gasteiger partial charge in [0.15, 0.2) is 18.6 Å². The summed E-state index contributed by atoms with van der Waals surface area (Å²) < 4.78 is 19.5. The lowest BCUT2D eigenvalue weighted by atomic mass is 9.85. The Hall–Kier alpha value is -4.17. The van der Waals surface area contributed by atoms with Crippen LogP contribution in [0.25, 0.3) is 0 Å². The van der Waals surface area contributed by atoms with Crippen LogP contribution in [0.2, 0.25) is 0 Å². The molecule has 0 spiro atoms. The van der Waals surface area contributed by atoms with Gasteiger partial charge in [-0.25, -0.2) is 9.59 Å². The Labute approximate surface area is 248 Å². The van der Waals surface area contributed by atoms with Gasteiger partial charge in [0.05, 0.1) is 0 Å². The second-order valence-electron chi connectivity index (χ2n) is 10.9. The molecule has 0 saturated carbocycles. The Balaban J connectivity index is 0.000000238. The Morgan fingerprint density at radius 2 is 1.33 bits per heavy atom. The monoisotopic (exact) mass is 598 g/mol. The van der Waals surface area contributed by atoms with Crippen molar-refractivity contribution in [1.82, 2.24) is 19.1 Å². The van der Waals surface area contributed by atoms with Crippen LogP contribution in [-0.4, -0.2) is 53.6 Å². The van der Waals surface area contributed by atoms with E-state index in [1.807, 2.05) is 20.8 Å². The van der Waals surface area contributed by atoms with E-state index in [2.05, 4.69) is 21.8 Å². The summed E-state index contributed by atoms with van der Waals surface area (Å²) in [6, 6.07) is 0. The van der Waals surface area contributed by atoms with Crippen molar-refractivity contribution in [1.29, 1.82) is 0 Å². The quantitative estimate of drug-likeness (QED) is 0.333. The number of aromatic amines is 2. The molecule has 13 nitrogen and oxygen atoms in total. The lowest BCUT2D eigenvalue weighted by Gasteiger charge is -2.25. The molecule has 2 unspecified atom stereocenters. The summed E-state index contributed by atoms with van der Waals surface area (Å²) >= 11 is 0. The first-order valence-corrected chi connectivity index (χ1v) is 13.9. The summed E-state index contributed by atoms with van der Waals surface area (Å²) in [5, 5.41) is 10.3. The first kappa shape index (κ1) is 33.3. The summed E-state index contributed by atoms with van der Waals surface area (Å²) in [6.45, 7) is 11.8. The Kier molecular flexibility index (Phi) is 9.76. The van der Waals surface area contributed by atoms with E-state index in [0.29, 0.717) is 24.0 Å². The van der Waals surface area contributed by atoms with E-state index in [4.69, 9.17) is 27.1 Å². The lowest BCUT2D eigenvalue weighted by Crippen LogP contribution is -2.38. The first-order chi connectivity index (χ1) is 20.1. The van der Waals surface area contributed by atoms with Crippen molar-refractivity contribution < 1.29 is 24.1 Å². The Bertz CT molecular complexity index is 1690. The highest BCUT2D eigenvalue weighted by molar-refractivity contribution is 5.66. The van der Waals surface area contributed by atoms with Crippen LogP contribution in [0.3, 0.4) is 0 Å². The number of hydrogen-bond acceptors (Lipinski definition) is 9. The third kappa shape index (κ3) is 6.02. The number of nitrogens with zero attached hydrogens (tertiary/aromatic N) is 2. The van der Waals surface area contributed by atoms with Crippen molar-refractivity contribution in [2.45, 2.75) is 97.2 Å². The number of ether oxygens (including phenoxy) is 3. The van der Waals surface area contributed by atoms with Gasteiger partial charge in [-0.05, 0) is 26.7 Å². The number of nitrogens with one attached hydrogen (secondary N) is 2. The standard InChI is InChI=1S/C16H20N2O5.C14H18N2O4/c1-6-16(7-2)10(4)12(22-11(5)19)14(23-16)18-8-9(3)13(20)17-15(18)21;1-5-14(6-2)9(4)10(17)12(20-14)16-7-8(3)11(18)15-13(16)19/h1,8,10,12,14H,7H2,2-5H3,(H,17,20,21);1,7,9-10,12,17H,6H2,2-4H3,(H,15,18,19)/t10?,12-,14+,16+;9?,10-,12+,14+/m00/s1. The van der Waals surface area contributed by atoms with E-state index in [-0.39, 0.29) is 11.8 Å². The second kappa shape index (κ2) is 12.6. The van der Waals surface area contributed by atoms with Crippen molar-refractivity contribution in [3.63, 3.8) is 0 Å². The fourth-order valence-corrected chi connectivity index (χ4v) is 5.50. The number of aliphatic hydroxyl groups excluding tert-OH is 1. The molecule has 0 amide bonds. The van der Waals surface area contributed by atoms with Crippen molar-refractivity contribution in [3.05, 3.63) is 65.2 Å². The number of esters is 1. The van der Waals surface area contributed by atoms with E-state index >= 15 is 0 Å². The van der Waals surface area contributed by atoms with Crippen molar-refractivity contribution in [3.8, 4) is 24.7 Å². The van der Waals surface area contributed by atoms with Crippen LogP contribution in [-0.2, 0) is 19.0 Å². The van der Waals surface area contributed by atoms with Crippen LogP contribution in [0.1, 0.15) is 71.0 Å². The maximum absolute atomic E-state index is 12.1. The highest BCUT2D eigenvalue weighted by Crippen LogP contribution is 2.44. The minimum atomic E-state index is -0.950. The minimum absolute atomic E-state index is 0.314. The second-order valence-corrected chi connectivity index (χ2v) is 10.9. The average Bonchev–Trinajstić information content (AvgIpc) is 3.38. The Morgan fingerprint density at radius 1 is 0.907 bits per heavy atom. The lowest BCUT2D eigenvalue weighted by molar-refractivity contribution is -0.154. The van der Waals surface area contributed by atoms with E-state index in [9.17, 15) is 29.1 Å². The molecule has 2 aromatic heterocycles. The molecule has 2 saturated heterocycles. The third-order valence-corrected chi connectivity index (χ3v) is 8.39. The molecule has 2 fully saturated rings. The number of rotatable bonds is 5. The predicted molar refractivity (Wildman–Crippen MR) is 156 cm³/mol. The average molecular weight is 599 g/mol. The topological polar surface area (TPSA) is 175 Å². The fourth-order valence-electron chi connectivity index (χ4n) is 5.50. The molecule has 43 heavy (non-hydrogen) atoms. The molecule has 232 valence electrons. The van der Waals surface area contributed by atoms with E-state index < -0.39 is 64.3 Å². The van der Waals surface area contributed by atoms with Crippen LogP contribution >= 0.6 is 0 Å². The number of hydrogen-bond donors (Lipinski definition) is 3. The number of terminal acetylenes is 2. The van der Waals surface area contributed by atoms with Gasteiger partial charge in [0.1, 0.15) is 17.3 Å².